The Morgan fingerprint density at radius 3 is 2.62 bits per heavy atom. The summed E-state index contributed by atoms with van der Waals surface area (Å²) in [4.78, 5) is 11.0. The van der Waals surface area contributed by atoms with E-state index in [1.165, 1.54) is 0 Å². The minimum Gasteiger partial charge on any atom is -0.458 e. The molecule has 0 aromatic heterocycles. The van der Waals surface area contributed by atoms with Crippen LogP contribution in [0.15, 0.2) is 12.2 Å². The van der Waals surface area contributed by atoms with Crippen molar-refractivity contribution in [2.75, 3.05) is 5.75 Å². The van der Waals surface area contributed by atoms with Gasteiger partial charge in [-0.1, -0.05) is 27.4 Å². The number of carbonyl (C=O) groups is 1. The van der Waals surface area contributed by atoms with E-state index in [0.29, 0.717) is 12.0 Å². The van der Waals surface area contributed by atoms with Crippen molar-refractivity contribution in [3.8, 4) is 0 Å². The number of hydrogen-bond donors (Lipinski definition) is 0. The Bertz CT molecular complexity index is 212. The van der Waals surface area contributed by atoms with Gasteiger partial charge in [-0.15, -0.1) is 0 Å². The van der Waals surface area contributed by atoms with Crippen molar-refractivity contribution in [3.05, 3.63) is 12.2 Å². The van der Waals surface area contributed by atoms with E-state index in [1.807, 2.05) is 11.8 Å². The molecule has 0 amide bonds. The molecule has 0 aromatic rings. The molecule has 3 heteroatoms. The number of cyclic esters (lactones) is 1. The van der Waals surface area contributed by atoms with Crippen molar-refractivity contribution in [1.82, 2.24) is 0 Å². The zero-order valence-electron chi connectivity index (χ0n) is 8.42. The number of rotatable bonds is 2. The number of thioether (sulfide) groups is 1. The maximum atomic E-state index is 11.0. The summed E-state index contributed by atoms with van der Waals surface area (Å²) < 4.78 is 5.34. The van der Waals surface area contributed by atoms with Crippen LogP contribution in [0.2, 0.25) is 0 Å². The van der Waals surface area contributed by atoms with Gasteiger partial charge in [0.25, 0.3) is 0 Å². The number of esters is 1. The highest BCUT2D eigenvalue weighted by Crippen LogP contribution is 2.28. The second kappa shape index (κ2) is 3.74. The maximum Gasteiger partial charge on any atom is 0.333 e. The minimum absolute atomic E-state index is 0.0456. The lowest BCUT2D eigenvalue weighted by molar-refractivity contribution is -0.137. The van der Waals surface area contributed by atoms with Crippen molar-refractivity contribution in [2.24, 2.45) is 0 Å². The Balaban J connectivity index is 2.33. The SMILES string of the molecule is C=C1CC(CSC(C)(C)C)OC1=O. The summed E-state index contributed by atoms with van der Waals surface area (Å²) in [5.74, 6) is 0.647. The second-order valence-corrected chi connectivity index (χ2v) is 6.11. The Labute approximate surface area is 83.7 Å². The maximum absolute atomic E-state index is 11.0. The van der Waals surface area contributed by atoms with Crippen LogP contribution in [0.25, 0.3) is 0 Å². The number of ether oxygens (including phenoxy) is 1. The molecule has 1 atom stereocenters. The van der Waals surface area contributed by atoms with Crippen LogP contribution >= 0.6 is 11.8 Å². The molecule has 74 valence electrons. The lowest BCUT2D eigenvalue weighted by Gasteiger charge is -2.19. The van der Waals surface area contributed by atoms with E-state index < -0.39 is 0 Å². The minimum atomic E-state index is -0.223. The van der Waals surface area contributed by atoms with Gasteiger partial charge in [0.2, 0.25) is 0 Å². The van der Waals surface area contributed by atoms with E-state index in [0.717, 1.165) is 5.75 Å². The van der Waals surface area contributed by atoms with Crippen molar-refractivity contribution >= 4 is 17.7 Å². The summed E-state index contributed by atoms with van der Waals surface area (Å²) in [7, 11) is 0. The highest BCUT2D eigenvalue weighted by Gasteiger charge is 2.28. The van der Waals surface area contributed by atoms with Crippen molar-refractivity contribution < 1.29 is 9.53 Å². The van der Waals surface area contributed by atoms with Crippen LogP contribution in [0.1, 0.15) is 27.2 Å². The van der Waals surface area contributed by atoms with Gasteiger partial charge in [-0.3, -0.25) is 0 Å². The monoisotopic (exact) mass is 200 g/mol. The Hall–Kier alpha value is -0.440. The molecule has 13 heavy (non-hydrogen) atoms. The van der Waals surface area contributed by atoms with Crippen LogP contribution in [0, 0.1) is 0 Å². The molecular weight excluding hydrogens is 184 g/mol. The fourth-order valence-electron chi connectivity index (χ4n) is 1.07. The third-order valence-electron chi connectivity index (χ3n) is 1.74. The van der Waals surface area contributed by atoms with Crippen LogP contribution < -0.4 is 0 Å². The molecule has 1 aliphatic heterocycles. The van der Waals surface area contributed by atoms with Gasteiger partial charge in [0, 0.05) is 22.5 Å². The number of carbonyl (C=O) groups excluding carboxylic acids is 1. The third-order valence-corrected chi connectivity index (χ3v) is 3.14. The van der Waals surface area contributed by atoms with Crippen molar-refractivity contribution in [3.63, 3.8) is 0 Å². The van der Waals surface area contributed by atoms with E-state index in [1.54, 1.807) is 0 Å². The van der Waals surface area contributed by atoms with Crippen LogP contribution in [-0.4, -0.2) is 22.6 Å². The molecule has 0 aromatic carbocycles. The highest BCUT2D eigenvalue weighted by molar-refractivity contribution is 8.00. The molecule has 0 spiro atoms. The first-order valence-corrected chi connectivity index (χ1v) is 5.40. The first kappa shape index (κ1) is 10.6. The third kappa shape index (κ3) is 3.43. The van der Waals surface area contributed by atoms with Gasteiger partial charge in [0.05, 0.1) is 0 Å². The van der Waals surface area contributed by atoms with Gasteiger partial charge >= 0.3 is 5.97 Å². The fraction of sp³-hybridized carbons (Fsp3) is 0.700. The highest BCUT2D eigenvalue weighted by atomic mass is 32.2. The largest absolute Gasteiger partial charge is 0.458 e. The van der Waals surface area contributed by atoms with E-state index >= 15 is 0 Å². The predicted octanol–water partition coefficient (Wildman–Crippen LogP) is 2.39. The van der Waals surface area contributed by atoms with E-state index in [9.17, 15) is 4.79 Å². The molecule has 0 bridgehead atoms. The molecule has 1 rings (SSSR count). The molecular formula is C10H16O2S. The lowest BCUT2D eigenvalue weighted by Crippen LogP contribution is -2.16. The van der Waals surface area contributed by atoms with Gasteiger partial charge in [-0.05, 0) is 0 Å². The molecule has 2 nitrogen and oxygen atoms in total. The average molecular weight is 200 g/mol. The standard InChI is InChI=1S/C10H16O2S/c1-7-5-8(12-9(7)11)6-13-10(2,3)4/h8H,1,5-6H2,2-4H3. The smallest absolute Gasteiger partial charge is 0.333 e. The summed E-state index contributed by atoms with van der Waals surface area (Å²) in [5.41, 5.74) is 0.611. The van der Waals surface area contributed by atoms with E-state index in [2.05, 4.69) is 27.4 Å². The number of hydrogen-bond acceptors (Lipinski definition) is 3. The van der Waals surface area contributed by atoms with Gasteiger partial charge in [0.1, 0.15) is 6.10 Å². The van der Waals surface area contributed by atoms with Gasteiger partial charge in [0.15, 0.2) is 0 Å². The normalized spacial score (nSPS) is 23.5. The Morgan fingerprint density at radius 2 is 2.23 bits per heavy atom. The zero-order chi connectivity index (χ0) is 10.1. The topological polar surface area (TPSA) is 26.3 Å². The lowest BCUT2D eigenvalue weighted by atomic mass is 10.2. The first-order valence-electron chi connectivity index (χ1n) is 4.41. The first-order chi connectivity index (χ1) is 5.88. The van der Waals surface area contributed by atoms with Crippen LogP contribution in [0.5, 0.6) is 0 Å². The predicted molar refractivity (Wildman–Crippen MR) is 55.8 cm³/mol. The van der Waals surface area contributed by atoms with Gasteiger partial charge in [-0.25, -0.2) is 4.79 Å². The Morgan fingerprint density at radius 1 is 1.62 bits per heavy atom. The van der Waals surface area contributed by atoms with E-state index in [4.69, 9.17) is 4.74 Å². The van der Waals surface area contributed by atoms with Crippen LogP contribution in [-0.2, 0) is 9.53 Å². The van der Waals surface area contributed by atoms with Crippen molar-refractivity contribution in [1.29, 1.82) is 0 Å². The molecule has 0 radical (unpaired) electrons. The quantitative estimate of drug-likeness (QED) is 0.506. The van der Waals surface area contributed by atoms with Gasteiger partial charge in [-0.2, -0.15) is 11.8 Å². The summed E-state index contributed by atoms with van der Waals surface area (Å²) in [5, 5.41) is 0. The van der Waals surface area contributed by atoms with Crippen LogP contribution in [0.3, 0.4) is 0 Å². The molecule has 0 aliphatic carbocycles. The summed E-state index contributed by atoms with van der Waals surface area (Å²) in [6.07, 6.45) is 0.742. The summed E-state index contributed by atoms with van der Waals surface area (Å²) >= 11 is 1.82. The molecule has 0 saturated carbocycles. The molecule has 1 heterocycles. The van der Waals surface area contributed by atoms with Gasteiger partial charge < -0.3 is 4.74 Å². The molecule has 0 N–H and O–H groups in total. The molecule has 1 aliphatic rings. The summed E-state index contributed by atoms with van der Waals surface area (Å²) in [6.45, 7) is 10.1. The zero-order valence-corrected chi connectivity index (χ0v) is 9.24. The molecule has 1 fully saturated rings. The fourth-order valence-corrected chi connectivity index (χ4v) is 1.94. The summed E-state index contributed by atoms with van der Waals surface area (Å²) in [6, 6.07) is 0. The Kier molecular flexibility index (Phi) is 3.06. The van der Waals surface area contributed by atoms with Crippen molar-refractivity contribution in [2.45, 2.75) is 38.0 Å². The molecule has 1 unspecified atom stereocenters. The molecule has 1 saturated heterocycles. The van der Waals surface area contributed by atoms with Crippen LogP contribution in [0.4, 0.5) is 0 Å². The average Bonchev–Trinajstić information content (AvgIpc) is 2.27. The second-order valence-electron chi connectivity index (χ2n) is 4.26. The van der Waals surface area contributed by atoms with E-state index in [-0.39, 0.29) is 16.8 Å².